The number of rotatable bonds is 5. The summed E-state index contributed by atoms with van der Waals surface area (Å²) in [6, 6.07) is 9.91. The molecule has 0 spiro atoms. The molecule has 1 aliphatic carbocycles. The summed E-state index contributed by atoms with van der Waals surface area (Å²) in [5.74, 6) is 0.869. The number of nitrogens with one attached hydrogen (secondary N) is 1. The maximum Gasteiger partial charge on any atom is 0.202 e. The lowest BCUT2D eigenvalue weighted by Gasteiger charge is -2.22. The van der Waals surface area contributed by atoms with E-state index in [4.69, 9.17) is 0 Å². The Hall–Kier alpha value is -1.46. The van der Waals surface area contributed by atoms with Gasteiger partial charge in [0.1, 0.15) is 5.82 Å². The Labute approximate surface area is 135 Å². The third kappa shape index (κ3) is 3.15. The van der Waals surface area contributed by atoms with Crippen LogP contribution in [0.2, 0.25) is 0 Å². The zero-order chi connectivity index (χ0) is 15.8. The van der Waals surface area contributed by atoms with Gasteiger partial charge in [-0.25, -0.2) is 4.98 Å². The van der Waals surface area contributed by atoms with Gasteiger partial charge >= 0.3 is 0 Å². The lowest BCUT2D eigenvalue weighted by Crippen LogP contribution is -2.23. The smallest absolute Gasteiger partial charge is 0.202 e. The second-order valence-electron chi connectivity index (χ2n) is 7.20. The molecule has 1 aromatic carbocycles. The fourth-order valence-electron chi connectivity index (χ4n) is 2.55. The Balaban J connectivity index is 1.65. The first-order chi connectivity index (χ1) is 10.4. The highest BCUT2D eigenvalue weighted by Crippen LogP contribution is 2.54. The highest BCUT2D eigenvalue weighted by atomic mass is 32.1. The van der Waals surface area contributed by atoms with Gasteiger partial charge in [0.15, 0.2) is 0 Å². The molecule has 1 fully saturated rings. The largest absolute Gasteiger partial charge is 0.388 e. The molecule has 2 aromatic rings. The number of nitrogens with zero attached hydrogens (tertiary/aromatic N) is 2. The van der Waals surface area contributed by atoms with Crippen molar-refractivity contribution >= 4 is 16.7 Å². The monoisotopic (exact) mass is 317 g/mol. The minimum Gasteiger partial charge on any atom is -0.388 e. The molecule has 0 saturated heterocycles. The molecule has 1 heterocycles. The van der Waals surface area contributed by atoms with E-state index in [1.54, 1.807) is 0 Å². The van der Waals surface area contributed by atoms with Crippen LogP contribution in [0.25, 0.3) is 0 Å². The zero-order valence-corrected chi connectivity index (χ0v) is 14.2. The van der Waals surface area contributed by atoms with Crippen LogP contribution in [0.5, 0.6) is 0 Å². The van der Waals surface area contributed by atoms with E-state index in [9.17, 15) is 5.11 Å². The minimum atomic E-state index is -0.420. The van der Waals surface area contributed by atoms with E-state index < -0.39 is 6.10 Å². The van der Waals surface area contributed by atoms with Crippen molar-refractivity contribution in [3.63, 3.8) is 0 Å². The second-order valence-corrected chi connectivity index (χ2v) is 7.95. The first-order valence-corrected chi connectivity index (χ1v) is 8.49. The number of aromatic nitrogens is 2. The Bertz CT molecular complexity index is 629. The molecule has 1 unspecified atom stereocenters. The molecule has 5 heteroatoms. The van der Waals surface area contributed by atoms with Crippen LogP contribution in [0.4, 0.5) is 5.13 Å². The van der Waals surface area contributed by atoms with E-state index >= 15 is 0 Å². The summed E-state index contributed by atoms with van der Waals surface area (Å²) in [4.78, 5) is 4.56. The van der Waals surface area contributed by atoms with Crippen molar-refractivity contribution in [1.29, 1.82) is 0 Å². The number of hydrogen-bond donors (Lipinski definition) is 2. The lowest BCUT2D eigenvalue weighted by atomic mass is 9.93. The van der Waals surface area contributed by atoms with Crippen molar-refractivity contribution in [2.45, 2.75) is 45.1 Å². The molecule has 2 N–H and O–H groups in total. The predicted octanol–water partition coefficient (Wildman–Crippen LogP) is 3.76. The minimum absolute atomic E-state index is 0.0305. The standard InChI is InChI=1S/C17H23N3OS/c1-16(2,3)14-19-15(22-20-14)18-11-17(9-10-17)13(21)12-7-5-4-6-8-12/h4-8,13,21H,9-11H2,1-3H3,(H,18,19,20). The Morgan fingerprint density at radius 3 is 2.50 bits per heavy atom. The fraction of sp³-hybridized carbons (Fsp3) is 0.529. The van der Waals surface area contributed by atoms with Gasteiger partial charge in [-0.15, -0.1) is 0 Å². The van der Waals surface area contributed by atoms with E-state index in [0.717, 1.165) is 35.9 Å². The summed E-state index contributed by atoms with van der Waals surface area (Å²) < 4.78 is 4.42. The molecule has 22 heavy (non-hydrogen) atoms. The molecular formula is C17H23N3OS. The van der Waals surface area contributed by atoms with Gasteiger partial charge in [0.2, 0.25) is 5.13 Å². The van der Waals surface area contributed by atoms with E-state index in [0.29, 0.717) is 0 Å². The van der Waals surface area contributed by atoms with Crippen LogP contribution < -0.4 is 5.32 Å². The van der Waals surface area contributed by atoms with Gasteiger partial charge in [-0.1, -0.05) is 51.1 Å². The van der Waals surface area contributed by atoms with Crippen molar-refractivity contribution in [1.82, 2.24) is 9.36 Å². The Kier molecular flexibility index (Phi) is 3.95. The Morgan fingerprint density at radius 1 is 1.27 bits per heavy atom. The number of anilines is 1. The van der Waals surface area contributed by atoms with Gasteiger partial charge < -0.3 is 10.4 Å². The molecule has 4 nitrogen and oxygen atoms in total. The van der Waals surface area contributed by atoms with Crippen molar-refractivity contribution < 1.29 is 5.11 Å². The lowest BCUT2D eigenvalue weighted by molar-refractivity contribution is 0.1000. The Morgan fingerprint density at radius 2 is 1.95 bits per heavy atom. The first kappa shape index (κ1) is 15.4. The number of hydrogen-bond acceptors (Lipinski definition) is 5. The third-order valence-electron chi connectivity index (χ3n) is 4.28. The highest BCUT2D eigenvalue weighted by molar-refractivity contribution is 7.09. The molecule has 1 aromatic heterocycles. The van der Waals surface area contributed by atoms with Crippen molar-refractivity contribution in [2.24, 2.45) is 5.41 Å². The fourth-order valence-corrected chi connectivity index (χ4v) is 3.30. The molecule has 0 aliphatic heterocycles. The molecule has 0 radical (unpaired) electrons. The third-order valence-corrected chi connectivity index (χ3v) is 4.95. The first-order valence-electron chi connectivity index (χ1n) is 7.72. The molecule has 118 valence electrons. The summed E-state index contributed by atoms with van der Waals surface area (Å²) in [7, 11) is 0. The molecular weight excluding hydrogens is 294 g/mol. The number of benzene rings is 1. The maximum absolute atomic E-state index is 10.7. The SMILES string of the molecule is CC(C)(C)c1nsc(NCC2(C(O)c3ccccc3)CC2)n1. The van der Waals surface area contributed by atoms with Crippen LogP contribution in [0.15, 0.2) is 30.3 Å². The molecule has 3 rings (SSSR count). The molecule has 1 aliphatic rings. The van der Waals surface area contributed by atoms with E-state index in [-0.39, 0.29) is 10.8 Å². The molecule has 0 bridgehead atoms. The van der Waals surface area contributed by atoms with Gasteiger partial charge in [0, 0.05) is 28.9 Å². The summed E-state index contributed by atoms with van der Waals surface area (Å²) >= 11 is 1.40. The average Bonchev–Trinajstić information content (AvgIpc) is 3.13. The molecule has 1 atom stereocenters. The van der Waals surface area contributed by atoms with Gasteiger partial charge in [-0.2, -0.15) is 4.37 Å². The summed E-state index contributed by atoms with van der Waals surface area (Å²) in [6.45, 7) is 7.07. The summed E-state index contributed by atoms with van der Waals surface area (Å²) in [5, 5.41) is 14.9. The predicted molar refractivity (Wildman–Crippen MR) is 90.2 cm³/mol. The summed E-state index contributed by atoms with van der Waals surface area (Å²) in [6.07, 6.45) is 1.67. The molecule has 1 saturated carbocycles. The van der Waals surface area contributed by atoms with Crippen molar-refractivity contribution in [2.75, 3.05) is 11.9 Å². The van der Waals surface area contributed by atoms with Crippen LogP contribution in [0, 0.1) is 5.41 Å². The van der Waals surface area contributed by atoms with Crippen LogP contribution in [-0.4, -0.2) is 21.0 Å². The summed E-state index contributed by atoms with van der Waals surface area (Å²) in [5.41, 5.74) is 0.904. The van der Waals surface area contributed by atoms with Crippen molar-refractivity contribution in [3.8, 4) is 0 Å². The van der Waals surface area contributed by atoms with Gasteiger partial charge in [-0.3, -0.25) is 0 Å². The quantitative estimate of drug-likeness (QED) is 0.881. The zero-order valence-electron chi connectivity index (χ0n) is 13.3. The second kappa shape index (κ2) is 5.63. The van der Waals surface area contributed by atoms with E-state index in [1.807, 2.05) is 30.3 Å². The average molecular weight is 317 g/mol. The van der Waals surface area contributed by atoms with Gasteiger partial charge in [0.25, 0.3) is 0 Å². The van der Waals surface area contributed by atoms with Crippen LogP contribution in [-0.2, 0) is 5.41 Å². The topological polar surface area (TPSA) is 58.0 Å². The van der Waals surface area contributed by atoms with Crippen molar-refractivity contribution in [3.05, 3.63) is 41.7 Å². The van der Waals surface area contributed by atoms with E-state index in [2.05, 4.69) is 35.4 Å². The van der Waals surface area contributed by atoms with Gasteiger partial charge in [0.05, 0.1) is 6.10 Å². The van der Waals surface area contributed by atoms with E-state index in [1.165, 1.54) is 11.5 Å². The number of aliphatic hydroxyl groups is 1. The van der Waals surface area contributed by atoms with Gasteiger partial charge in [-0.05, 0) is 18.4 Å². The molecule has 0 amide bonds. The van der Waals surface area contributed by atoms with Crippen LogP contribution in [0.3, 0.4) is 0 Å². The maximum atomic E-state index is 10.7. The number of aliphatic hydroxyl groups excluding tert-OH is 1. The normalized spacial score (nSPS) is 18.0. The highest BCUT2D eigenvalue weighted by Gasteiger charge is 2.49. The van der Waals surface area contributed by atoms with Crippen LogP contribution >= 0.6 is 11.5 Å². The van der Waals surface area contributed by atoms with Crippen LogP contribution in [0.1, 0.15) is 51.1 Å².